The van der Waals surface area contributed by atoms with Crippen molar-refractivity contribution in [2.24, 2.45) is 17.8 Å². The van der Waals surface area contributed by atoms with Crippen LogP contribution in [-0.4, -0.2) is 45.0 Å². The zero-order chi connectivity index (χ0) is 25.4. The Balaban J connectivity index is 1.74. The van der Waals surface area contributed by atoms with E-state index < -0.39 is 46.8 Å². The van der Waals surface area contributed by atoms with E-state index in [4.69, 9.17) is 23.2 Å². The monoisotopic (exact) mass is 515 g/mol. The number of halogens is 2. The van der Waals surface area contributed by atoms with Gasteiger partial charge < -0.3 is 0 Å². The van der Waals surface area contributed by atoms with Crippen LogP contribution < -0.4 is 0 Å². The van der Waals surface area contributed by atoms with E-state index in [1.165, 1.54) is 36.4 Å². The Labute approximate surface area is 210 Å². The number of benzene rings is 2. The molecule has 1 aliphatic carbocycles. The Hall–Kier alpha value is -3.56. The number of hydrogen-bond acceptors (Lipinski definition) is 6. The van der Waals surface area contributed by atoms with Gasteiger partial charge in [0.1, 0.15) is 6.54 Å². The van der Waals surface area contributed by atoms with Crippen LogP contribution in [0.2, 0.25) is 10.0 Å². The topological polar surface area (TPSA) is 118 Å². The van der Waals surface area contributed by atoms with Crippen molar-refractivity contribution < 1.29 is 24.1 Å². The summed E-state index contributed by atoms with van der Waals surface area (Å²) < 4.78 is 0. The molecule has 0 spiro atoms. The van der Waals surface area contributed by atoms with Gasteiger partial charge in [-0.15, -0.1) is 0 Å². The smallest absolute Gasteiger partial charge is 0.274 e. The molecule has 11 heteroatoms. The Kier molecular flexibility index (Phi) is 6.73. The summed E-state index contributed by atoms with van der Waals surface area (Å²) in [5.74, 6) is -4.31. The predicted octanol–water partition coefficient (Wildman–Crippen LogP) is 4.34. The number of carbonyl (C=O) groups excluding carboxylic acids is 4. The summed E-state index contributed by atoms with van der Waals surface area (Å²) in [6.07, 6.45) is 3.99. The molecule has 0 bridgehead atoms. The molecule has 1 aliphatic heterocycles. The fourth-order valence-electron chi connectivity index (χ4n) is 4.42. The summed E-state index contributed by atoms with van der Waals surface area (Å²) >= 11 is 12.1. The van der Waals surface area contributed by atoms with Crippen LogP contribution in [0.15, 0.2) is 54.6 Å². The molecule has 0 aromatic heterocycles. The number of carbonyl (C=O) groups is 4. The highest BCUT2D eigenvalue weighted by Crippen LogP contribution is 2.39. The van der Waals surface area contributed by atoms with Crippen molar-refractivity contribution in [3.05, 3.63) is 85.9 Å². The van der Waals surface area contributed by atoms with E-state index in [0.29, 0.717) is 6.42 Å². The van der Waals surface area contributed by atoms with Crippen molar-refractivity contribution in [1.29, 1.82) is 0 Å². The molecule has 4 rings (SSSR count). The molecule has 0 unspecified atom stereocenters. The Bertz CT molecular complexity index is 1290. The van der Waals surface area contributed by atoms with Crippen molar-refractivity contribution >= 4 is 52.4 Å². The van der Waals surface area contributed by atoms with Crippen molar-refractivity contribution in [1.82, 2.24) is 10.0 Å². The lowest BCUT2D eigenvalue weighted by Crippen LogP contribution is -2.52. The number of nitro benzene ring substituents is 1. The zero-order valence-corrected chi connectivity index (χ0v) is 19.9. The molecule has 2 aliphatic rings. The van der Waals surface area contributed by atoms with Crippen molar-refractivity contribution in [3.8, 4) is 0 Å². The average Bonchev–Trinajstić information content (AvgIpc) is 3.08. The molecule has 0 saturated carbocycles. The van der Waals surface area contributed by atoms with Gasteiger partial charge in [-0.2, -0.15) is 5.01 Å². The van der Waals surface area contributed by atoms with Crippen LogP contribution in [0.3, 0.4) is 0 Å². The number of nitro groups is 1. The van der Waals surface area contributed by atoms with E-state index in [1.807, 2.05) is 12.2 Å². The van der Waals surface area contributed by atoms with Gasteiger partial charge in [-0.25, -0.2) is 5.01 Å². The third-order valence-electron chi connectivity index (χ3n) is 6.16. The van der Waals surface area contributed by atoms with Crippen LogP contribution in [0.4, 0.5) is 5.69 Å². The van der Waals surface area contributed by atoms with E-state index in [1.54, 1.807) is 6.92 Å². The van der Waals surface area contributed by atoms with Crippen molar-refractivity contribution in [2.45, 2.75) is 13.3 Å². The normalized spacial score (nSPS) is 21.1. The van der Waals surface area contributed by atoms with E-state index in [-0.39, 0.29) is 32.8 Å². The Morgan fingerprint density at radius 3 is 2.54 bits per heavy atom. The van der Waals surface area contributed by atoms with Gasteiger partial charge in [0.15, 0.2) is 5.78 Å². The van der Waals surface area contributed by atoms with Crippen LogP contribution in [-0.2, 0) is 9.59 Å². The van der Waals surface area contributed by atoms with Gasteiger partial charge in [0.05, 0.1) is 27.3 Å². The SMILES string of the molecule is C[C@@H]1C=CC[C@@H]2C(=O)N(N(CC(=O)c3cccc([N+](=O)[O-])c3)C(=O)c3ccc(Cl)cc3Cl)C(=O)[C@H]12. The number of Topliss-reactive ketones (excluding diaryl/α,β-unsaturated/α-hetero) is 1. The third-order valence-corrected chi connectivity index (χ3v) is 6.71. The number of rotatable bonds is 6. The van der Waals surface area contributed by atoms with Gasteiger partial charge in [0, 0.05) is 22.7 Å². The summed E-state index contributed by atoms with van der Waals surface area (Å²) in [6.45, 7) is 1.09. The second-order valence-corrected chi connectivity index (χ2v) is 9.20. The van der Waals surface area contributed by atoms with Crippen LogP contribution in [0.25, 0.3) is 0 Å². The Morgan fingerprint density at radius 1 is 1.14 bits per heavy atom. The lowest BCUT2D eigenvalue weighted by atomic mass is 9.78. The summed E-state index contributed by atoms with van der Waals surface area (Å²) in [7, 11) is 0. The minimum atomic E-state index is -0.855. The molecule has 35 heavy (non-hydrogen) atoms. The minimum absolute atomic E-state index is 0.0261. The number of allylic oxidation sites excluding steroid dienone is 2. The fourth-order valence-corrected chi connectivity index (χ4v) is 4.91. The largest absolute Gasteiger partial charge is 0.292 e. The molecule has 3 amide bonds. The van der Waals surface area contributed by atoms with Gasteiger partial charge in [0.2, 0.25) is 0 Å². The quantitative estimate of drug-likeness (QED) is 0.185. The number of amides is 3. The first-order valence-corrected chi connectivity index (χ1v) is 11.4. The summed E-state index contributed by atoms with van der Waals surface area (Å²) in [6, 6.07) is 9.06. The number of fused-ring (bicyclic) bond motifs is 1. The van der Waals surface area contributed by atoms with Gasteiger partial charge in [-0.1, -0.05) is 54.4 Å². The lowest BCUT2D eigenvalue weighted by Gasteiger charge is -2.30. The molecule has 3 atom stereocenters. The summed E-state index contributed by atoms with van der Waals surface area (Å²) in [4.78, 5) is 63.8. The van der Waals surface area contributed by atoms with Gasteiger partial charge in [-0.05, 0) is 30.5 Å². The molecular formula is C24H19Cl2N3O6. The standard InChI is InChI=1S/C24H19Cl2N3O6/c1-13-4-2-7-18-21(13)24(33)28(23(18)32)27(22(31)17-9-8-15(25)11-19(17)26)12-20(30)14-5-3-6-16(10-14)29(34)35/h2-6,8-11,13,18,21H,7,12H2,1H3/t13-,18+,21-/m1/s1. The molecule has 0 N–H and O–H groups in total. The minimum Gasteiger partial charge on any atom is -0.292 e. The Morgan fingerprint density at radius 2 is 1.89 bits per heavy atom. The van der Waals surface area contributed by atoms with Crippen LogP contribution in [0.5, 0.6) is 0 Å². The lowest BCUT2D eigenvalue weighted by molar-refractivity contribution is -0.384. The molecule has 180 valence electrons. The maximum Gasteiger partial charge on any atom is 0.274 e. The van der Waals surface area contributed by atoms with Crippen molar-refractivity contribution in [3.63, 3.8) is 0 Å². The fraction of sp³-hybridized carbons (Fsp3) is 0.250. The van der Waals surface area contributed by atoms with E-state index in [0.717, 1.165) is 16.1 Å². The molecule has 2 aromatic carbocycles. The van der Waals surface area contributed by atoms with E-state index in [9.17, 15) is 29.3 Å². The van der Waals surface area contributed by atoms with Gasteiger partial charge >= 0.3 is 0 Å². The number of imide groups is 1. The van der Waals surface area contributed by atoms with Crippen LogP contribution >= 0.6 is 23.2 Å². The van der Waals surface area contributed by atoms with Gasteiger partial charge in [-0.3, -0.25) is 29.3 Å². The third kappa shape index (κ3) is 4.56. The second kappa shape index (κ2) is 9.59. The second-order valence-electron chi connectivity index (χ2n) is 8.36. The molecule has 1 fully saturated rings. The molecule has 9 nitrogen and oxygen atoms in total. The van der Waals surface area contributed by atoms with E-state index in [2.05, 4.69) is 0 Å². The maximum atomic E-state index is 13.6. The average molecular weight is 516 g/mol. The number of nitrogens with zero attached hydrogens (tertiary/aromatic N) is 3. The first-order valence-electron chi connectivity index (χ1n) is 10.7. The van der Waals surface area contributed by atoms with Gasteiger partial charge in [0.25, 0.3) is 23.4 Å². The first kappa shape index (κ1) is 24.6. The summed E-state index contributed by atoms with van der Waals surface area (Å²) in [5, 5.41) is 12.9. The van der Waals surface area contributed by atoms with Crippen LogP contribution in [0, 0.1) is 27.9 Å². The predicted molar refractivity (Wildman–Crippen MR) is 127 cm³/mol. The molecular weight excluding hydrogens is 497 g/mol. The highest BCUT2D eigenvalue weighted by molar-refractivity contribution is 6.36. The zero-order valence-electron chi connectivity index (χ0n) is 18.4. The molecule has 1 saturated heterocycles. The summed E-state index contributed by atoms with van der Waals surface area (Å²) in [5.41, 5.74) is -0.427. The number of hydrazine groups is 1. The highest BCUT2D eigenvalue weighted by atomic mass is 35.5. The van der Waals surface area contributed by atoms with E-state index >= 15 is 0 Å². The van der Waals surface area contributed by atoms with Crippen molar-refractivity contribution in [2.75, 3.05) is 6.54 Å². The molecule has 0 radical (unpaired) electrons. The first-order chi connectivity index (χ1) is 16.6. The maximum absolute atomic E-state index is 13.6. The number of non-ortho nitro benzene ring substituents is 1. The molecule has 2 aromatic rings. The molecule has 1 heterocycles. The highest BCUT2D eigenvalue weighted by Gasteiger charge is 2.53. The van der Waals surface area contributed by atoms with Crippen LogP contribution in [0.1, 0.15) is 34.1 Å². The number of hydrogen-bond donors (Lipinski definition) is 0. The number of ketones is 1.